The largest absolute Gasteiger partial charge is 0.465 e. The van der Waals surface area contributed by atoms with Crippen molar-refractivity contribution in [2.24, 2.45) is 4.99 Å². The normalized spacial score (nSPS) is 21.9. The predicted molar refractivity (Wildman–Crippen MR) is 66.9 cm³/mol. The minimum atomic E-state index is -1.21. The van der Waals surface area contributed by atoms with Crippen molar-refractivity contribution >= 4 is 17.6 Å². The number of nitrogens with zero attached hydrogens (tertiary/aromatic N) is 2. The maximum absolute atomic E-state index is 11.0. The van der Waals surface area contributed by atoms with Gasteiger partial charge in [-0.2, -0.15) is 0 Å². The van der Waals surface area contributed by atoms with Crippen LogP contribution >= 0.6 is 0 Å². The summed E-state index contributed by atoms with van der Waals surface area (Å²) in [6, 6.07) is 1.64. The second-order valence-corrected chi connectivity index (χ2v) is 3.83. The highest BCUT2D eigenvalue weighted by Gasteiger charge is 2.34. The zero-order chi connectivity index (χ0) is 13.2. The highest BCUT2D eigenvalue weighted by atomic mass is 16.4. The number of nitrogens with one attached hydrogen (secondary N) is 2. The summed E-state index contributed by atoms with van der Waals surface area (Å²) in [6.07, 6.45) is 5.03. The molecule has 1 unspecified atom stereocenters. The van der Waals surface area contributed by atoms with Crippen molar-refractivity contribution in [2.75, 3.05) is 5.73 Å². The van der Waals surface area contributed by atoms with Crippen molar-refractivity contribution < 1.29 is 9.90 Å². The Labute approximate surface area is 103 Å². The van der Waals surface area contributed by atoms with Crippen LogP contribution in [-0.2, 0) is 5.66 Å². The van der Waals surface area contributed by atoms with Gasteiger partial charge in [0.15, 0.2) is 5.66 Å². The van der Waals surface area contributed by atoms with Crippen molar-refractivity contribution in [2.45, 2.75) is 12.6 Å². The van der Waals surface area contributed by atoms with Crippen molar-refractivity contribution in [3.8, 4) is 0 Å². The van der Waals surface area contributed by atoms with Gasteiger partial charge in [0.25, 0.3) is 0 Å². The Balaban J connectivity index is 2.56. The third kappa shape index (κ3) is 2.10. The highest BCUT2D eigenvalue weighted by Crippen LogP contribution is 2.30. The van der Waals surface area contributed by atoms with Gasteiger partial charge in [-0.3, -0.25) is 10.3 Å². The average molecular weight is 247 g/mol. The molecule has 1 atom stereocenters. The minimum absolute atomic E-state index is 0.370. The van der Waals surface area contributed by atoms with Crippen LogP contribution in [0.3, 0.4) is 0 Å². The molecule has 0 bridgehead atoms. The third-order valence-electron chi connectivity index (χ3n) is 2.52. The van der Waals surface area contributed by atoms with E-state index in [9.17, 15) is 4.79 Å². The molecule has 0 aromatic carbocycles. The van der Waals surface area contributed by atoms with Gasteiger partial charge >= 0.3 is 6.09 Å². The molecule has 2 rings (SSSR count). The summed E-state index contributed by atoms with van der Waals surface area (Å²) >= 11 is 0. The summed E-state index contributed by atoms with van der Waals surface area (Å²) in [7, 11) is 0. The van der Waals surface area contributed by atoms with Gasteiger partial charge in [0, 0.05) is 18.0 Å². The van der Waals surface area contributed by atoms with Crippen LogP contribution in [0.4, 0.5) is 10.5 Å². The van der Waals surface area contributed by atoms with Gasteiger partial charge < -0.3 is 16.2 Å². The monoisotopic (exact) mass is 247 g/mol. The quantitative estimate of drug-likeness (QED) is 0.612. The van der Waals surface area contributed by atoms with E-state index in [2.05, 4.69) is 20.6 Å². The third-order valence-corrected chi connectivity index (χ3v) is 2.52. The van der Waals surface area contributed by atoms with E-state index < -0.39 is 11.8 Å². The molecule has 0 aliphatic carbocycles. The van der Waals surface area contributed by atoms with Gasteiger partial charge in [-0.05, 0) is 19.1 Å². The van der Waals surface area contributed by atoms with Gasteiger partial charge in [0.05, 0.1) is 11.9 Å². The number of aliphatic imine (C=N–C) groups is 1. The Morgan fingerprint density at radius 2 is 2.39 bits per heavy atom. The first-order chi connectivity index (χ1) is 8.53. The van der Waals surface area contributed by atoms with E-state index >= 15 is 0 Å². The van der Waals surface area contributed by atoms with Crippen LogP contribution in [0.1, 0.15) is 12.5 Å². The summed E-state index contributed by atoms with van der Waals surface area (Å²) in [5.74, 6) is 0.586. The molecule has 7 nitrogen and oxygen atoms in total. The van der Waals surface area contributed by atoms with Crippen LogP contribution in [-0.4, -0.2) is 22.0 Å². The van der Waals surface area contributed by atoms with E-state index in [1.54, 1.807) is 25.3 Å². The van der Waals surface area contributed by atoms with Gasteiger partial charge in [-0.15, -0.1) is 0 Å². The van der Waals surface area contributed by atoms with Crippen LogP contribution in [0.5, 0.6) is 0 Å². The number of hydrogen-bond donors (Lipinski definition) is 4. The number of nitrogen functional groups attached to an aromatic ring is 1. The second kappa shape index (κ2) is 4.36. The van der Waals surface area contributed by atoms with Crippen LogP contribution in [0.2, 0.25) is 0 Å². The first-order valence-corrected chi connectivity index (χ1v) is 5.25. The number of carboxylic acid groups (broad SMARTS) is 1. The molecule has 1 aromatic heterocycles. The molecule has 1 aromatic rings. The first kappa shape index (κ1) is 11.9. The topological polar surface area (TPSA) is 113 Å². The number of pyridine rings is 1. The average Bonchev–Trinajstić information content (AvgIpc) is 2.28. The standard InChI is InChI=1S/C11H13N5O2/c1-7-14-5-3-11(15-7,16-10(17)18)8-2-4-13-6-9(8)12/h2-6,16H,12H2,1H3,(H,14,15)(H,17,18). The van der Waals surface area contributed by atoms with E-state index in [4.69, 9.17) is 10.8 Å². The molecular formula is C11H13N5O2. The lowest BCUT2D eigenvalue weighted by molar-refractivity contribution is 0.184. The summed E-state index contributed by atoms with van der Waals surface area (Å²) < 4.78 is 0. The zero-order valence-electron chi connectivity index (χ0n) is 9.71. The highest BCUT2D eigenvalue weighted by molar-refractivity contribution is 5.83. The number of aromatic nitrogens is 1. The van der Waals surface area contributed by atoms with Gasteiger partial charge in [-0.1, -0.05) is 0 Å². The molecule has 18 heavy (non-hydrogen) atoms. The van der Waals surface area contributed by atoms with Crippen LogP contribution < -0.4 is 16.4 Å². The Morgan fingerprint density at radius 3 is 3.00 bits per heavy atom. The number of amidine groups is 1. The van der Waals surface area contributed by atoms with E-state index in [-0.39, 0.29) is 0 Å². The molecule has 0 radical (unpaired) electrons. The molecule has 2 heterocycles. The van der Waals surface area contributed by atoms with E-state index in [1.165, 1.54) is 12.4 Å². The number of rotatable bonds is 2. The molecule has 5 N–H and O–H groups in total. The molecule has 0 saturated heterocycles. The molecule has 1 aliphatic heterocycles. The Kier molecular flexibility index (Phi) is 2.88. The molecule has 1 amide bonds. The molecule has 0 spiro atoms. The lowest BCUT2D eigenvalue weighted by atomic mass is 9.98. The molecule has 7 heteroatoms. The van der Waals surface area contributed by atoms with Crippen LogP contribution in [0.15, 0.2) is 35.7 Å². The SMILES string of the molecule is CC1=NC(NC(=O)O)(c2ccncc2N)C=CN1. The van der Waals surface area contributed by atoms with Crippen molar-refractivity contribution in [3.05, 3.63) is 36.3 Å². The maximum Gasteiger partial charge on any atom is 0.407 e. The first-order valence-electron chi connectivity index (χ1n) is 5.25. The van der Waals surface area contributed by atoms with Gasteiger partial charge in [0.1, 0.15) is 5.84 Å². The second-order valence-electron chi connectivity index (χ2n) is 3.83. The van der Waals surface area contributed by atoms with Gasteiger partial charge in [-0.25, -0.2) is 9.79 Å². The molecule has 94 valence electrons. The van der Waals surface area contributed by atoms with E-state index in [1.807, 2.05) is 0 Å². The van der Waals surface area contributed by atoms with Gasteiger partial charge in [0.2, 0.25) is 0 Å². The van der Waals surface area contributed by atoms with Crippen LogP contribution in [0, 0.1) is 0 Å². The summed E-state index contributed by atoms with van der Waals surface area (Å²) in [4.78, 5) is 19.2. The molecule has 0 saturated carbocycles. The number of anilines is 1. The fraction of sp³-hybridized carbons (Fsp3) is 0.182. The maximum atomic E-state index is 11.0. The van der Waals surface area contributed by atoms with E-state index in [0.29, 0.717) is 17.1 Å². The van der Waals surface area contributed by atoms with Crippen LogP contribution in [0.25, 0.3) is 0 Å². The summed E-state index contributed by atoms with van der Waals surface area (Å²) in [5.41, 5.74) is 5.53. The Morgan fingerprint density at radius 1 is 1.61 bits per heavy atom. The summed E-state index contributed by atoms with van der Waals surface area (Å²) in [5, 5.41) is 14.2. The molecule has 0 fully saturated rings. The molecular weight excluding hydrogens is 234 g/mol. The number of carbonyl (C=O) groups is 1. The number of hydrogen-bond acceptors (Lipinski definition) is 5. The molecule has 1 aliphatic rings. The predicted octanol–water partition coefficient (Wildman–Crippen LogP) is 0.620. The lowest BCUT2D eigenvalue weighted by Gasteiger charge is -2.30. The van der Waals surface area contributed by atoms with Crippen molar-refractivity contribution in [3.63, 3.8) is 0 Å². The fourth-order valence-electron chi connectivity index (χ4n) is 1.82. The Bertz CT molecular complexity index is 540. The zero-order valence-corrected chi connectivity index (χ0v) is 9.71. The van der Waals surface area contributed by atoms with E-state index in [0.717, 1.165) is 0 Å². The number of nitrogens with two attached hydrogens (primary N) is 1. The Hall–Kier alpha value is -2.57. The minimum Gasteiger partial charge on any atom is -0.465 e. The fourth-order valence-corrected chi connectivity index (χ4v) is 1.82. The number of amides is 1. The van der Waals surface area contributed by atoms with Crippen molar-refractivity contribution in [1.82, 2.24) is 15.6 Å². The lowest BCUT2D eigenvalue weighted by Crippen LogP contribution is -2.46. The summed E-state index contributed by atoms with van der Waals surface area (Å²) in [6.45, 7) is 1.74. The van der Waals surface area contributed by atoms with Crippen molar-refractivity contribution in [1.29, 1.82) is 0 Å². The smallest absolute Gasteiger partial charge is 0.407 e.